The fourth-order valence-corrected chi connectivity index (χ4v) is 3.92. The number of aromatic nitrogens is 2. The number of rotatable bonds is 4. The Balaban J connectivity index is 1.62. The molecule has 0 saturated carbocycles. The summed E-state index contributed by atoms with van der Waals surface area (Å²) in [6.07, 6.45) is 0.940. The summed E-state index contributed by atoms with van der Waals surface area (Å²) in [4.78, 5) is 0. The van der Waals surface area contributed by atoms with Crippen LogP contribution in [-0.4, -0.2) is 36.2 Å². The molecule has 1 aliphatic rings. The zero-order valence-electron chi connectivity index (χ0n) is 11.1. The molecule has 1 saturated heterocycles. The van der Waals surface area contributed by atoms with Gasteiger partial charge in [0.15, 0.2) is 9.84 Å². The molecule has 1 aromatic heterocycles. The van der Waals surface area contributed by atoms with Gasteiger partial charge in [0.1, 0.15) is 5.82 Å². The zero-order chi connectivity index (χ0) is 14.9. The van der Waals surface area contributed by atoms with E-state index < -0.39 is 9.84 Å². The Hall–Kier alpha value is -1.96. The molecule has 2 aromatic rings. The lowest BCUT2D eigenvalue weighted by Crippen LogP contribution is -2.20. The number of hydrogen-bond acceptors (Lipinski definition) is 6. The van der Waals surface area contributed by atoms with Crippen molar-refractivity contribution in [2.45, 2.75) is 18.9 Å². The van der Waals surface area contributed by atoms with Crippen LogP contribution in [0.25, 0.3) is 0 Å². The van der Waals surface area contributed by atoms with E-state index in [0.29, 0.717) is 18.7 Å². The van der Waals surface area contributed by atoms with Crippen molar-refractivity contribution in [1.82, 2.24) is 10.2 Å². The van der Waals surface area contributed by atoms with Crippen LogP contribution in [0.3, 0.4) is 0 Å². The standard InChI is InChI=1S/C13H14FN3O3S/c14-10-3-1-9(2-4-10)7-12-16-17-13(20-12)15-11-5-6-21(18,19)8-11/h1-4,11H,5-8H2,(H,15,17). The second-order valence-electron chi connectivity index (χ2n) is 5.05. The van der Waals surface area contributed by atoms with Crippen LogP contribution < -0.4 is 5.32 Å². The molecule has 8 heteroatoms. The van der Waals surface area contributed by atoms with Gasteiger partial charge in [-0.1, -0.05) is 17.2 Å². The number of hydrogen-bond donors (Lipinski definition) is 1. The van der Waals surface area contributed by atoms with Crippen molar-refractivity contribution in [1.29, 1.82) is 0 Å². The van der Waals surface area contributed by atoms with E-state index in [1.54, 1.807) is 12.1 Å². The molecule has 0 radical (unpaired) electrons. The van der Waals surface area contributed by atoms with Crippen molar-refractivity contribution < 1.29 is 17.2 Å². The van der Waals surface area contributed by atoms with Gasteiger partial charge in [-0.25, -0.2) is 12.8 Å². The molecule has 1 aromatic carbocycles. The molecule has 1 atom stereocenters. The molecule has 2 heterocycles. The zero-order valence-corrected chi connectivity index (χ0v) is 11.9. The lowest BCUT2D eigenvalue weighted by atomic mass is 10.1. The van der Waals surface area contributed by atoms with Gasteiger partial charge in [0.05, 0.1) is 17.9 Å². The average molecular weight is 311 g/mol. The molecule has 1 unspecified atom stereocenters. The maximum atomic E-state index is 12.8. The summed E-state index contributed by atoms with van der Waals surface area (Å²) >= 11 is 0. The van der Waals surface area contributed by atoms with Crippen molar-refractivity contribution >= 4 is 15.9 Å². The minimum Gasteiger partial charge on any atom is -0.408 e. The number of nitrogens with zero attached hydrogens (tertiary/aromatic N) is 2. The SMILES string of the molecule is O=S1(=O)CCC(Nc2nnc(Cc3ccc(F)cc3)o2)C1. The van der Waals surface area contributed by atoms with Crippen molar-refractivity contribution in [3.8, 4) is 0 Å². The van der Waals surface area contributed by atoms with E-state index in [9.17, 15) is 12.8 Å². The van der Waals surface area contributed by atoms with Gasteiger partial charge in [0.2, 0.25) is 5.89 Å². The van der Waals surface area contributed by atoms with Gasteiger partial charge in [-0.2, -0.15) is 0 Å². The van der Waals surface area contributed by atoms with Gasteiger partial charge in [-0.05, 0) is 24.1 Å². The van der Waals surface area contributed by atoms with Crippen LogP contribution in [0.4, 0.5) is 10.4 Å². The summed E-state index contributed by atoms with van der Waals surface area (Å²) < 4.78 is 41.0. The Morgan fingerprint density at radius 1 is 1.29 bits per heavy atom. The highest BCUT2D eigenvalue weighted by atomic mass is 32.2. The minimum atomic E-state index is -2.95. The first-order valence-corrected chi connectivity index (χ1v) is 8.36. The number of nitrogens with one attached hydrogen (secondary N) is 1. The van der Waals surface area contributed by atoms with Crippen LogP contribution in [0, 0.1) is 5.82 Å². The molecule has 0 spiro atoms. The van der Waals surface area contributed by atoms with Gasteiger partial charge >= 0.3 is 6.01 Å². The normalized spacial score (nSPS) is 20.5. The van der Waals surface area contributed by atoms with Crippen molar-refractivity contribution in [3.63, 3.8) is 0 Å². The third-order valence-electron chi connectivity index (χ3n) is 3.30. The van der Waals surface area contributed by atoms with Gasteiger partial charge in [-0.15, -0.1) is 5.10 Å². The number of halogens is 1. The summed E-state index contributed by atoms with van der Waals surface area (Å²) in [5, 5.41) is 10.7. The first kappa shape index (κ1) is 14.0. The quantitative estimate of drug-likeness (QED) is 0.918. The van der Waals surface area contributed by atoms with E-state index in [1.165, 1.54) is 12.1 Å². The molecule has 112 valence electrons. The summed E-state index contributed by atoms with van der Waals surface area (Å²) in [6, 6.07) is 6.07. The number of sulfone groups is 1. The maximum absolute atomic E-state index is 12.8. The van der Waals surface area contributed by atoms with E-state index >= 15 is 0 Å². The highest BCUT2D eigenvalue weighted by Gasteiger charge is 2.28. The van der Waals surface area contributed by atoms with Gasteiger partial charge in [-0.3, -0.25) is 0 Å². The largest absolute Gasteiger partial charge is 0.408 e. The molecule has 0 aliphatic carbocycles. The van der Waals surface area contributed by atoms with Crippen LogP contribution in [0.5, 0.6) is 0 Å². The Kier molecular flexibility index (Phi) is 3.62. The molecule has 6 nitrogen and oxygen atoms in total. The average Bonchev–Trinajstić information content (AvgIpc) is 2.99. The van der Waals surface area contributed by atoms with Gasteiger partial charge < -0.3 is 9.73 Å². The third-order valence-corrected chi connectivity index (χ3v) is 5.06. The van der Waals surface area contributed by atoms with E-state index in [1.807, 2.05) is 0 Å². The molecule has 0 amide bonds. The predicted octanol–water partition coefficient (Wildman–Crippen LogP) is 1.40. The second kappa shape index (κ2) is 5.44. The monoisotopic (exact) mass is 311 g/mol. The molecule has 21 heavy (non-hydrogen) atoms. The van der Waals surface area contributed by atoms with E-state index in [0.717, 1.165) is 5.56 Å². The summed E-state index contributed by atoms with van der Waals surface area (Å²) in [5.41, 5.74) is 0.857. The molecular weight excluding hydrogens is 297 g/mol. The molecule has 1 N–H and O–H groups in total. The molecule has 1 fully saturated rings. The summed E-state index contributed by atoms with van der Waals surface area (Å²) in [5.74, 6) is 0.364. The third kappa shape index (κ3) is 3.57. The van der Waals surface area contributed by atoms with Crippen LogP contribution in [0.15, 0.2) is 28.7 Å². The van der Waals surface area contributed by atoms with Crippen molar-refractivity contribution in [3.05, 3.63) is 41.5 Å². The lowest BCUT2D eigenvalue weighted by Gasteiger charge is -2.06. The predicted molar refractivity (Wildman–Crippen MR) is 74.2 cm³/mol. The number of benzene rings is 1. The second-order valence-corrected chi connectivity index (χ2v) is 7.28. The Labute approximate surface area is 121 Å². The Morgan fingerprint density at radius 2 is 2.05 bits per heavy atom. The molecule has 0 bridgehead atoms. The lowest BCUT2D eigenvalue weighted by molar-refractivity contribution is 0.511. The van der Waals surface area contributed by atoms with Gasteiger partial charge in [0.25, 0.3) is 0 Å². The molecule has 3 rings (SSSR count). The fraction of sp³-hybridized carbons (Fsp3) is 0.385. The van der Waals surface area contributed by atoms with E-state index in [2.05, 4.69) is 15.5 Å². The maximum Gasteiger partial charge on any atom is 0.315 e. The van der Waals surface area contributed by atoms with Crippen molar-refractivity contribution in [2.24, 2.45) is 0 Å². The molecular formula is C13H14FN3O3S. The van der Waals surface area contributed by atoms with E-state index in [4.69, 9.17) is 4.42 Å². The first-order chi connectivity index (χ1) is 10.00. The van der Waals surface area contributed by atoms with Crippen molar-refractivity contribution in [2.75, 3.05) is 16.8 Å². The van der Waals surface area contributed by atoms with Gasteiger partial charge in [0, 0.05) is 6.04 Å². The first-order valence-electron chi connectivity index (χ1n) is 6.54. The highest BCUT2D eigenvalue weighted by molar-refractivity contribution is 7.91. The number of anilines is 1. The fourth-order valence-electron chi connectivity index (χ4n) is 2.24. The smallest absolute Gasteiger partial charge is 0.315 e. The van der Waals surface area contributed by atoms with Crippen LogP contribution in [0.2, 0.25) is 0 Å². The van der Waals surface area contributed by atoms with Crippen LogP contribution >= 0.6 is 0 Å². The molecule has 1 aliphatic heterocycles. The summed E-state index contributed by atoms with van der Waals surface area (Å²) in [6.45, 7) is 0. The Bertz CT molecular complexity index is 727. The van der Waals surface area contributed by atoms with Crippen LogP contribution in [0.1, 0.15) is 17.9 Å². The topological polar surface area (TPSA) is 85.1 Å². The van der Waals surface area contributed by atoms with E-state index in [-0.39, 0.29) is 29.4 Å². The Morgan fingerprint density at radius 3 is 2.71 bits per heavy atom. The highest BCUT2D eigenvalue weighted by Crippen LogP contribution is 2.17. The van der Waals surface area contributed by atoms with Crippen LogP contribution in [-0.2, 0) is 16.3 Å². The minimum absolute atomic E-state index is 0.0860. The summed E-state index contributed by atoms with van der Waals surface area (Å²) in [7, 11) is -2.95.